The van der Waals surface area contributed by atoms with Gasteiger partial charge in [-0.15, -0.1) is 10.2 Å². The zero-order chi connectivity index (χ0) is 17.8. The highest BCUT2D eigenvalue weighted by atomic mass is 32.2. The molecule has 0 aliphatic rings. The number of aromatic nitrogens is 4. The van der Waals surface area contributed by atoms with Crippen LogP contribution in [-0.4, -0.2) is 19.7 Å². The minimum absolute atomic E-state index is 0.591. The molecule has 4 aromatic rings. The predicted octanol–water partition coefficient (Wildman–Crippen LogP) is 4.58. The average molecular weight is 362 g/mol. The quantitative estimate of drug-likeness (QED) is 0.470. The lowest BCUT2D eigenvalue weighted by molar-refractivity contribution is 0.485. The monoisotopic (exact) mass is 362 g/mol. The van der Waals surface area contributed by atoms with Crippen LogP contribution in [0, 0.1) is 6.92 Å². The highest BCUT2D eigenvalue weighted by Gasteiger charge is 2.16. The summed E-state index contributed by atoms with van der Waals surface area (Å²) in [4.78, 5) is 4.38. The van der Waals surface area contributed by atoms with Crippen LogP contribution in [0.1, 0.15) is 17.0 Å². The highest BCUT2D eigenvalue weighted by molar-refractivity contribution is 7.98. The van der Waals surface area contributed by atoms with Gasteiger partial charge >= 0.3 is 0 Å². The van der Waals surface area contributed by atoms with Crippen LogP contribution in [0.5, 0.6) is 0 Å². The Kier molecular flexibility index (Phi) is 4.84. The molecule has 26 heavy (non-hydrogen) atoms. The predicted molar refractivity (Wildman–Crippen MR) is 102 cm³/mol. The molecule has 0 fully saturated rings. The van der Waals surface area contributed by atoms with Gasteiger partial charge in [-0.2, -0.15) is 0 Å². The van der Waals surface area contributed by atoms with Crippen LogP contribution in [0.15, 0.2) is 76.6 Å². The van der Waals surface area contributed by atoms with Crippen LogP contribution < -0.4 is 0 Å². The Balaban J connectivity index is 1.67. The molecule has 4 rings (SSSR count). The van der Waals surface area contributed by atoms with E-state index in [2.05, 4.69) is 44.9 Å². The van der Waals surface area contributed by atoms with Gasteiger partial charge in [-0.3, -0.25) is 9.55 Å². The Bertz CT molecular complexity index is 980. The van der Waals surface area contributed by atoms with Crippen molar-refractivity contribution in [1.29, 1.82) is 0 Å². The summed E-state index contributed by atoms with van der Waals surface area (Å²) in [6.45, 7) is 2.67. The molecular weight excluding hydrogens is 344 g/mol. The van der Waals surface area contributed by atoms with E-state index in [1.54, 1.807) is 18.0 Å². The van der Waals surface area contributed by atoms with Gasteiger partial charge in [0.2, 0.25) is 0 Å². The van der Waals surface area contributed by atoms with E-state index < -0.39 is 0 Å². The lowest BCUT2D eigenvalue weighted by Crippen LogP contribution is -2.03. The first kappa shape index (κ1) is 16.6. The third-order valence-corrected chi connectivity index (χ3v) is 4.96. The van der Waals surface area contributed by atoms with Gasteiger partial charge in [-0.25, -0.2) is 0 Å². The van der Waals surface area contributed by atoms with E-state index in [1.165, 1.54) is 5.56 Å². The number of nitrogens with zero attached hydrogens (tertiary/aromatic N) is 4. The third kappa shape index (κ3) is 3.70. The summed E-state index contributed by atoms with van der Waals surface area (Å²) in [5, 5.41) is 9.73. The van der Waals surface area contributed by atoms with Crippen molar-refractivity contribution < 1.29 is 4.42 Å². The van der Waals surface area contributed by atoms with Crippen LogP contribution in [0.2, 0.25) is 0 Å². The van der Waals surface area contributed by atoms with Crippen molar-refractivity contribution in [3.8, 4) is 11.4 Å². The standard InChI is InChI=1S/C20H18N4OS/c1-15-6-4-7-16(12-15)19-22-23-20(24(19)13-18-9-5-11-25-18)26-14-17-8-2-3-10-21-17/h2-12H,13-14H2,1H3. The molecule has 0 saturated carbocycles. The van der Waals surface area contributed by atoms with Gasteiger partial charge in [0.05, 0.1) is 18.5 Å². The largest absolute Gasteiger partial charge is 0.467 e. The number of furan rings is 1. The fourth-order valence-corrected chi connectivity index (χ4v) is 3.57. The van der Waals surface area contributed by atoms with Crippen LogP contribution >= 0.6 is 11.8 Å². The smallest absolute Gasteiger partial charge is 0.192 e. The Morgan fingerprint density at radius 3 is 2.77 bits per heavy atom. The normalized spacial score (nSPS) is 11.0. The van der Waals surface area contributed by atoms with Gasteiger partial charge in [-0.1, -0.05) is 41.6 Å². The van der Waals surface area contributed by atoms with E-state index in [-0.39, 0.29) is 0 Å². The number of pyridine rings is 1. The van der Waals surface area contributed by atoms with Crippen molar-refractivity contribution >= 4 is 11.8 Å². The van der Waals surface area contributed by atoms with E-state index in [1.807, 2.05) is 42.6 Å². The molecule has 0 unspecified atom stereocenters. The molecule has 0 amide bonds. The summed E-state index contributed by atoms with van der Waals surface area (Å²) in [6, 6.07) is 18.1. The SMILES string of the molecule is Cc1cccc(-c2nnc(SCc3ccccn3)n2Cc2ccco2)c1. The van der Waals surface area contributed by atoms with Crippen molar-refractivity contribution in [2.75, 3.05) is 0 Å². The minimum Gasteiger partial charge on any atom is -0.467 e. The number of hydrogen-bond donors (Lipinski definition) is 0. The average Bonchev–Trinajstić information content (AvgIpc) is 3.31. The summed E-state index contributed by atoms with van der Waals surface area (Å²) in [5.41, 5.74) is 3.26. The third-order valence-electron chi connectivity index (χ3n) is 3.96. The zero-order valence-electron chi connectivity index (χ0n) is 14.4. The molecule has 0 aliphatic heterocycles. The van der Waals surface area contributed by atoms with Gasteiger partial charge in [0, 0.05) is 17.5 Å². The molecule has 3 aromatic heterocycles. The van der Waals surface area contributed by atoms with Crippen molar-refractivity contribution in [3.05, 3.63) is 84.1 Å². The van der Waals surface area contributed by atoms with Crippen molar-refractivity contribution in [3.63, 3.8) is 0 Å². The van der Waals surface area contributed by atoms with Crippen molar-refractivity contribution in [2.24, 2.45) is 0 Å². The van der Waals surface area contributed by atoms with Gasteiger partial charge in [0.25, 0.3) is 0 Å². The fraction of sp³-hybridized carbons (Fsp3) is 0.150. The van der Waals surface area contributed by atoms with Crippen molar-refractivity contribution in [2.45, 2.75) is 24.4 Å². The molecule has 3 heterocycles. The van der Waals surface area contributed by atoms with E-state index in [0.717, 1.165) is 33.8 Å². The second kappa shape index (κ2) is 7.58. The minimum atomic E-state index is 0.591. The number of rotatable bonds is 6. The Morgan fingerprint density at radius 2 is 2.00 bits per heavy atom. The van der Waals surface area contributed by atoms with Gasteiger partial charge in [-0.05, 0) is 37.3 Å². The maximum absolute atomic E-state index is 5.54. The zero-order valence-corrected chi connectivity index (χ0v) is 15.2. The van der Waals surface area contributed by atoms with E-state index in [4.69, 9.17) is 4.42 Å². The first-order chi connectivity index (χ1) is 12.8. The van der Waals surface area contributed by atoms with E-state index >= 15 is 0 Å². The number of benzene rings is 1. The van der Waals surface area contributed by atoms with Crippen molar-refractivity contribution in [1.82, 2.24) is 19.7 Å². The summed E-state index contributed by atoms with van der Waals surface area (Å²) in [6.07, 6.45) is 3.49. The maximum atomic E-state index is 5.54. The summed E-state index contributed by atoms with van der Waals surface area (Å²) >= 11 is 1.63. The van der Waals surface area contributed by atoms with Crippen LogP contribution in [0.3, 0.4) is 0 Å². The number of thioether (sulfide) groups is 1. The second-order valence-electron chi connectivity index (χ2n) is 5.95. The highest BCUT2D eigenvalue weighted by Crippen LogP contribution is 2.27. The van der Waals surface area contributed by atoms with Crippen LogP contribution in [0.4, 0.5) is 0 Å². The van der Waals surface area contributed by atoms with E-state index in [9.17, 15) is 0 Å². The maximum Gasteiger partial charge on any atom is 0.192 e. The molecule has 0 spiro atoms. The molecule has 0 N–H and O–H groups in total. The second-order valence-corrected chi connectivity index (χ2v) is 6.89. The summed E-state index contributed by atoms with van der Waals surface area (Å²) in [5.74, 6) is 2.46. The first-order valence-electron chi connectivity index (χ1n) is 8.35. The van der Waals surface area contributed by atoms with Crippen LogP contribution in [-0.2, 0) is 12.3 Å². The Labute approximate surface area is 156 Å². The molecule has 1 aromatic carbocycles. The Hall–Kier alpha value is -2.86. The molecule has 0 bridgehead atoms. The fourth-order valence-electron chi connectivity index (χ4n) is 2.72. The summed E-state index contributed by atoms with van der Waals surface area (Å²) < 4.78 is 7.64. The molecule has 0 radical (unpaired) electrons. The van der Waals surface area contributed by atoms with Gasteiger partial charge in [0.15, 0.2) is 11.0 Å². The molecule has 130 valence electrons. The molecule has 6 heteroatoms. The molecule has 0 atom stereocenters. The molecule has 5 nitrogen and oxygen atoms in total. The van der Waals surface area contributed by atoms with Gasteiger partial charge < -0.3 is 4.42 Å². The number of aryl methyl sites for hydroxylation is 1. The first-order valence-corrected chi connectivity index (χ1v) is 9.33. The van der Waals surface area contributed by atoms with Gasteiger partial charge in [0.1, 0.15) is 5.76 Å². The topological polar surface area (TPSA) is 56.7 Å². The Morgan fingerprint density at radius 1 is 1.04 bits per heavy atom. The summed E-state index contributed by atoms with van der Waals surface area (Å²) in [7, 11) is 0. The lowest BCUT2D eigenvalue weighted by Gasteiger charge is -2.09. The lowest BCUT2D eigenvalue weighted by atomic mass is 10.1. The number of hydrogen-bond acceptors (Lipinski definition) is 5. The van der Waals surface area contributed by atoms with E-state index in [0.29, 0.717) is 6.54 Å². The molecule has 0 aliphatic carbocycles. The van der Waals surface area contributed by atoms with Crippen LogP contribution in [0.25, 0.3) is 11.4 Å². The molecular formula is C20H18N4OS. The molecule has 0 saturated heterocycles.